The fourth-order valence-electron chi connectivity index (χ4n) is 4.54. The second-order valence-corrected chi connectivity index (χ2v) is 7.21. The lowest BCUT2D eigenvalue weighted by Crippen LogP contribution is -2.55. The molecular weight excluding hydrogens is 350 g/mol. The van der Waals surface area contributed by atoms with Crippen molar-refractivity contribution in [2.24, 2.45) is 5.41 Å². The van der Waals surface area contributed by atoms with Gasteiger partial charge in [-0.05, 0) is 17.0 Å². The van der Waals surface area contributed by atoms with E-state index in [-0.39, 0.29) is 12.4 Å². The van der Waals surface area contributed by atoms with Crippen molar-refractivity contribution in [2.45, 2.75) is 11.7 Å². The highest BCUT2D eigenvalue weighted by Crippen LogP contribution is 2.57. The normalized spacial score (nSPS) is 28.1. The highest BCUT2D eigenvalue weighted by Gasteiger charge is 2.69. The Morgan fingerprint density at radius 2 is 1.82 bits per heavy atom. The molecule has 2 aliphatic heterocycles. The van der Waals surface area contributed by atoms with Crippen LogP contribution in [-0.4, -0.2) is 18.7 Å². The van der Waals surface area contributed by atoms with E-state index in [0.717, 1.165) is 16.3 Å². The average Bonchev–Trinajstić information content (AvgIpc) is 3.10. The second kappa shape index (κ2) is 5.79. The summed E-state index contributed by atoms with van der Waals surface area (Å²) < 4.78 is 12.2. The maximum atomic E-state index is 13.8. The molecule has 0 bridgehead atoms. The van der Waals surface area contributed by atoms with Crippen molar-refractivity contribution in [3.63, 3.8) is 0 Å². The van der Waals surface area contributed by atoms with Gasteiger partial charge in [-0.15, -0.1) is 6.58 Å². The number of ether oxygens (including phenoxy) is 2. The number of nitrogens with zero attached hydrogens (tertiary/aromatic N) is 1. The predicted octanol–water partition coefficient (Wildman–Crippen LogP) is 4.41. The highest BCUT2D eigenvalue weighted by atomic mass is 16.7. The molecule has 4 heteroatoms. The Kier molecular flexibility index (Phi) is 3.46. The fourth-order valence-corrected chi connectivity index (χ4v) is 4.54. The van der Waals surface area contributed by atoms with Gasteiger partial charge in [0.25, 0.3) is 0 Å². The van der Waals surface area contributed by atoms with E-state index in [2.05, 4.69) is 12.6 Å². The minimum atomic E-state index is -1.54. The number of carbonyl (C=O) groups excluding carboxylic acids is 1. The van der Waals surface area contributed by atoms with Crippen LogP contribution in [0.15, 0.2) is 79.4 Å². The van der Waals surface area contributed by atoms with Crippen molar-refractivity contribution in [3.8, 4) is 11.8 Å². The van der Waals surface area contributed by atoms with Gasteiger partial charge < -0.3 is 9.47 Å². The zero-order valence-electron chi connectivity index (χ0n) is 15.1. The van der Waals surface area contributed by atoms with Crippen LogP contribution in [0.1, 0.15) is 15.9 Å². The third-order valence-corrected chi connectivity index (χ3v) is 6.04. The van der Waals surface area contributed by atoms with E-state index in [1.165, 1.54) is 0 Å². The Labute approximate surface area is 162 Å². The molecule has 2 aliphatic rings. The lowest BCUT2D eigenvalue weighted by molar-refractivity contribution is -0.0768. The van der Waals surface area contributed by atoms with Crippen molar-refractivity contribution in [3.05, 3.63) is 90.5 Å². The molecule has 0 radical (unpaired) electrons. The summed E-state index contributed by atoms with van der Waals surface area (Å²) in [5.41, 5.74) is -1.31. The number of rotatable bonds is 2. The molecule has 0 amide bonds. The van der Waals surface area contributed by atoms with Crippen molar-refractivity contribution in [1.29, 1.82) is 5.26 Å². The largest absolute Gasteiger partial charge is 0.461 e. The van der Waals surface area contributed by atoms with Crippen LogP contribution in [0, 0.1) is 16.7 Å². The molecule has 0 N–H and O–H groups in total. The van der Waals surface area contributed by atoms with Gasteiger partial charge in [-0.25, -0.2) is 0 Å². The van der Waals surface area contributed by atoms with Crippen LogP contribution in [0.5, 0.6) is 5.75 Å². The Morgan fingerprint density at radius 3 is 2.57 bits per heavy atom. The van der Waals surface area contributed by atoms with Crippen LogP contribution in [-0.2, 0) is 10.2 Å². The molecule has 0 spiro atoms. The summed E-state index contributed by atoms with van der Waals surface area (Å²) >= 11 is 0. The maximum Gasteiger partial charge on any atom is 0.227 e. The van der Waals surface area contributed by atoms with Gasteiger partial charge in [0.1, 0.15) is 5.75 Å². The number of nitriles is 1. The maximum absolute atomic E-state index is 13.8. The van der Waals surface area contributed by atoms with E-state index >= 15 is 0 Å². The Balaban J connectivity index is 1.78. The second-order valence-electron chi connectivity index (χ2n) is 7.21. The average molecular weight is 367 g/mol. The highest BCUT2D eigenvalue weighted by molar-refractivity contribution is 6.11. The van der Waals surface area contributed by atoms with Crippen LogP contribution >= 0.6 is 0 Å². The number of hydrogen-bond donors (Lipinski definition) is 0. The first-order chi connectivity index (χ1) is 13.7. The van der Waals surface area contributed by atoms with E-state index in [4.69, 9.17) is 9.47 Å². The first kappa shape index (κ1) is 16.7. The van der Waals surface area contributed by atoms with Gasteiger partial charge in [0.15, 0.2) is 11.2 Å². The lowest BCUT2D eigenvalue weighted by atomic mass is 9.58. The van der Waals surface area contributed by atoms with E-state index < -0.39 is 17.1 Å². The van der Waals surface area contributed by atoms with Crippen molar-refractivity contribution in [1.82, 2.24) is 0 Å². The minimum Gasteiger partial charge on any atom is -0.461 e. The van der Waals surface area contributed by atoms with Crippen LogP contribution in [0.3, 0.4) is 0 Å². The summed E-state index contributed by atoms with van der Waals surface area (Å²) in [6, 6.07) is 23.1. The number of ketones is 1. The van der Waals surface area contributed by atoms with Gasteiger partial charge in [0.05, 0.1) is 23.7 Å². The topological polar surface area (TPSA) is 59.3 Å². The number of Topliss-reactive ketones (excluding diaryl/α,β-unsaturated/α-hetero) is 1. The van der Waals surface area contributed by atoms with Crippen LogP contribution in [0.4, 0.5) is 0 Å². The molecule has 0 saturated carbocycles. The predicted molar refractivity (Wildman–Crippen MR) is 105 cm³/mol. The number of carbonyl (C=O) groups is 1. The van der Waals surface area contributed by atoms with Gasteiger partial charge in [-0.1, -0.05) is 66.7 Å². The molecule has 3 atom stereocenters. The van der Waals surface area contributed by atoms with Gasteiger partial charge in [0.2, 0.25) is 6.29 Å². The summed E-state index contributed by atoms with van der Waals surface area (Å²) in [6.45, 7) is 4.13. The van der Waals surface area contributed by atoms with E-state index in [1.54, 1.807) is 12.1 Å². The SMILES string of the molecule is C=C[C@]1(c2ccccc2)COC2Oc3c(ccc4ccccc34)C(=O)C21C#N. The summed E-state index contributed by atoms with van der Waals surface area (Å²) in [7, 11) is 0. The standard InChI is InChI=1S/C24H17NO3/c1-2-23(17-9-4-3-5-10-17)15-27-22-24(23,14-25)21(26)19-13-12-16-8-6-7-11-18(16)20(19)28-22/h2-13,22H,1,15H2/t22?,23-,24?/m1/s1. The quantitative estimate of drug-likeness (QED) is 0.630. The molecule has 4 nitrogen and oxygen atoms in total. The Hall–Kier alpha value is -3.42. The van der Waals surface area contributed by atoms with Gasteiger partial charge >= 0.3 is 0 Å². The summed E-state index contributed by atoms with van der Waals surface area (Å²) in [4.78, 5) is 13.8. The molecule has 136 valence electrons. The van der Waals surface area contributed by atoms with E-state index in [1.807, 2.05) is 60.7 Å². The fraction of sp³-hybridized carbons (Fsp3) is 0.167. The molecule has 2 unspecified atom stereocenters. The van der Waals surface area contributed by atoms with Crippen molar-refractivity contribution >= 4 is 16.6 Å². The molecule has 0 aliphatic carbocycles. The van der Waals surface area contributed by atoms with E-state index in [9.17, 15) is 10.1 Å². The van der Waals surface area contributed by atoms with Gasteiger partial charge in [0, 0.05) is 5.39 Å². The summed E-state index contributed by atoms with van der Waals surface area (Å²) in [5.74, 6) is 0.195. The number of hydrogen-bond acceptors (Lipinski definition) is 4. The molecular formula is C24H17NO3. The monoisotopic (exact) mass is 367 g/mol. The number of fused-ring (bicyclic) bond motifs is 4. The zero-order valence-corrected chi connectivity index (χ0v) is 15.1. The van der Waals surface area contributed by atoms with Crippen LogP contribution in [0.2, 0.25) is 0 Å². The summed E-state index contributed by atoms with van der Waals surface area (Å²) in [5, 5.41) is 12.1. The van der Waals surface area contributed by atoms with Crippen LogP contribution in [0.25, 0.3) is 10.8 Å². The minimum absolute atomic E-state index is 0.149. The lowest BCUT2D eigenvalue weighted by Gasteiger charge is -2.41. The first-order valence-electron chi connectivity index (χ1n) is 9.13. The van der Waals surface area contributed by atoms with E-state index in [0.29, 0.717) is 11.3 Å². The van der Waals surface area contributed by atoms with Gasteiger partial charge in [-0.2, -0.15) is 5.26 Å². The first-order valence-corrected chi connectivity index (χ1v) is 9.13. The molecule has 2 heterocycles. The Morgan fingerprint density at radius 1 is 1.07 bits per heavy atom. The van der Waals surface area contributed by atoms with Crippen molar-refractivity contribution in [2.75, 3.05) is 6.61 Å². The summed E-state index contributed by atoms with van der Waals surface area (Å²) in [6.07, 6.45) is 0.667. The molecule has 0 aromatic heterocycles. The zero-order chi connectivity index (χ0) is 19.4. The number of benzene rings is 3. The third kappa shape index (κ3) is 1.84. The molecule has 28 heavy (non-hydrogen) atoms. The molecule has 3 aromatic rings. The van der Waals surface area contributed by atoms with Crippen molar-refractivity contribution < 1.29 is 14.3 Å². The molecule has 1 fully saturated rings. The molecule has 3 aromatic carbocycles. The smallest absolute Gasteiger partial charge is 0.227 e. The third-order valence-electron chi connectivity index (χ3n) is 6.04. The van der Waals surface area contributed by atoms with Gasteiger partial charge in [-0.3, -0.25) is 4.79 Å². The van der Waals surface area contributed by atoms with Crippen LogP contribution < -0.4 is 4.74 Å². The molecule has 1 saturated heterocycles. The molecule has 5 rings (SSSR count). The Bertz CT molecular complexity index is 1160.